The van der Waals surface area contributed by atoms with Gasteiger partial charge in [0.2, 0.25) is 5.91 Å². The Morgan fingerprint density at radius 2 is 2.00 bits per heavy atom. The van der Waals surface area contributed by atoms with Gasteiger partial charge in [-0.1, -0.05) is 12.1 Å². The minimum atomic E-state index is -0.447. The summed E-state index contributed by atoms with van der Waals surface area (Å²) in [6, 6.07) is 6.80. The van der Waals surface area contributed by atoms with Gasteiger partial charge in [0.05, 0.1) is 12.0 Å². The molecule has 0 radical (unpaired) electrons. The molecule has 0 spiro atoms. The normalized spacial score (nSPS) is 26.4. The van der Waals surface area contributed by atoms with E-state index in [1.807, 2.05) is 11.0 Å². The van der Waals surface area contributed by atoms with Gasteiger partial charge in [-0.05, 0) is 62.1 Å². The molecule has 22 heavy (non-hydrogen) atoms. The SMILES string of the molecule is O=C(C1CCCC1O)N1CCC(Cc2cccc(F)c2)CC1. The van der Waals surface area contributed by atoms with E-state index in [2.05, 4.69) is 0 Å². The fourth-order valence-electron chi connectivity index (χ4n) is 3.82. The number of piperidine rings is 1. The highest BCUT2D eigenvalue weighted by molar-refractivity contribution is 5.79. The molecule has 3 nitrogen and oxygen atoms in total. The Bertz CT molecular complexity index is 526. The zero-order chi connectivity index (χ0) is 15.5. The molecule has 120 valence electrons. The lowest BCUT2D eigenvalue weighted by Crippen LogP contribution is -2.43. The summed E-state index contributed by atoms with van der Waals surface area (Å²) in [5.41, 5.74) is 1.04. The molecule has 3 rings (SSSR count). The predicted octanol–water partition coefficient (Wildman–Crippen LogP) is 2.77. The lowest BCUT2D eigenvalue weighted by molar-refractivity contribution is -0.139. The number of carbonyl (C=O) groups excluding carboxylic acids is 1. The van der Waals surface area contributed by atoms with E-state index < -0.39 is 6.10 Å². The fraction of sp³-hybridized carbons (Fsp3) is 0.611. The number of carbonyl (C=O) groups is 1. The van der Waals surface area contributed by atoms with Crippen LogP contribution in [0.3, 0.4) is 0 Å². The molecule has 1 aliphatic heterocycles. The van der Waals surface area contributed by atoms with Crippen LogP contribution >= 0.6 is 0 Å². The van der Waals surface area contributed by atoms with Crippen molar-refractivity contribution in [3.63, 3.8) is 0 Å². The average Bonchev–Trinajstić information content (AvgIpc) is 2.93. The van der Waals surface area contributed by atoms with Crippen LogP contribution in [0, 0.1) is 17.7 Å². The maximum Gasteiger partial charge on any atom is 0.228 e. The van der Waals surface area contributed by atoms with Gasteiger partial charge in [-0.25, -0.2) is 4.39 Å². The van der Waals surface area contributed by atoms with Gasteiger partial charge >= 0.3 is 0 Å². The Balaban J connectivity index is 1.51. The summed E-state index contributed by atoms with van der Waals surface area (Å²) in [6.07, 6.45) is 4.89. The number of hydrogen-bond acceptors (Lipinski definition) is 2. The van der Waals surface area contributed by atoms with E-state index in [4.69, 9.17) is 0 Å². The molecule has 1 aliphatic carbocycles. The number of benzene rings is 1. The van der Waals surface area contributed by atoms with Gasteiger partial charge < -0.3 is 10.0 Å². The Hall–Kier alpha value is -1.42. The van der Waals surface area contributed by atoms with Gasteiger partial charge in [0.25, 0.3) is 0 Å². The summed E-state index contributed by atoms with van der Waals surface area (Å²) >= 11 is 0. The van der Waals surface area contributed by atoms with Crippen molar-refractivity contribution in [2.24, 2.45) is 11.8 Å². The van der Waals surface area contributed by atoms with E-state index in [0.717, 1.165) is 57.2 Å². The molecule has 1 aromatic rings. The molecular formula is C18H24FNO2. The van der Waals surface area contributed by atoms with Crippen molar-refractivity contribution in [3.8, 4) is 0 Å². The van der Waals surface area contributed by atoms with E-state index in [-0.39, 0.29) is 17.6 Å². The van der Waals surface area contributed by atoms with E-state index in [1.54, 1.807) is 12.1 Å². The van der Waals surface area contributed by atoms with Crippen molar-refractivity contribution in [1.29, 1.82) is 0 Å². The van der Waals surface area contributed by atoms with Crippen LogP contribution < -0.4 is 0 Å². The lowest BCUT2D eigenvalue weighted by atomic mass is 9.89. The second-order valence-corrected chi connectivity index (χ2v) is 6.71. The molecule has 2 atom stereocenters. The van der Waals surface area contributed by atoms with Crippen molar-refractivity contribution >= 4 is 5.91 Å². The first-order valence-corrected chi connectivity index (χ1v) is 8.35. The van der Waals surface area contributed by atoms with Crippen molar-refractivity contribution in [3.05, 3.63) is 35.6 Å². The van der Waals surface area contributed by atoms with Gasteiger partial charge in [-0.2, -0.15) is 0 Å². The summed E-state index contributed by atoms with van der Waals surface area (Å²) in [7, 11) is 0. The zero-order valence-corrected chi connectivity index (χ0v) is 12.9. The molecule has 4 heteroatoms. The zero-order valence-electron chi connectivity index (χ0n) is 12.9. The number of halogens is 1. The third-order valence-corrected chi connectivity index (χ3v) is 5.14. The quantitative estimate of drug-likeness (QED) is 0.933. The van der Waals surface area contributed by atoms with Gasteiger partial charge in [0.1, 0.15) is 5.82 Å². The van der Waals surface area contributed by atoms with Gasteiger partial charge in [0, 0.05) is 13.1 Å². The van der Waals surface area contributed by atoms with Crippen LogP contribution in [0.1, 0.15) is 37.7 Å². The largest absolute Gasteiger partial charge is 0.392 e. The van der Waals surface area contributed by atoms with Crippen molar-refractivity contribution in [1.82, 2.24) is 4.90 Å². The van der Waals surface area contributed by atoms with Crippen LogP contribution in [0.5, 0.6) is 0 Å². The van der Waals surface area contributed by atoms with E-state index >= 15 is 0 Å². The monoisotopic (exact) mass is 305 g/mol. The van der Waals surface area contributed by atoms with Crippen LogP contribution in [0.25, 0.3) is 0 Å². The first-order valence-electron chi connectivity index (χ1n) is 8.35. The van der Waals surface area contributed by atoms with E-state index in [0.29, 0.717) is 5.92 Å². The Morgan fingerprint density at radius 3 is 2.64 bits per heavy atom. The van der Waals surface area contributed by atoms with Gasteiger partial charge in [-0.15, -0.1) is 0 Å². The van der Waals surface area contributed by atoms with Crippen LogP contribution in [-0.2, 0) is 11.2 Å². The maximum atomic E-state index is 13.2. The average molecular weight is 305 g/mol. The first-order chi connectivity index (χ1) is 10.6. The lowest BCUT2D eigenvalue weighted by Gasteiger charge is -2.34. The van der Waals surface area contributed by atoms with Crippen molar-refractivity contribution in [2.75, 3.05) is 13.1 Å². The molecule has 1 amide bonds. The van der Waals surface area contributed by atoms with Crippen LogP contribution in [0.15, 0.2) is 24.3 Å². The molecule has 1 aromatic carbocycles. The molecule has 0 aromatic heterocycles. The minimum Gasteiger partial charge on any atom is -0.392 e. The molecular weight excluding hydrogens is 281 g/mol. The van der Waals surface area contributed by atoms with Crippen LogP contribution in [-0.4, -0.2) is 35.1 Å². The molecule has 2 unspecified atom stereocenters. The number of hydrogen-bond donors (Lipinski definition) is 1. The number of likely N-dealkylation sites (tertiary alicyclic amines) is 1. The molecule has 1 N–H and O–H groups in total. The third-order valence-electron chi connectivity index (χ3n) is 5.14. The Kier molecular flexibility index (Phi) is 4.77. The number of aliphatic hydroxyl groups excluding tert-OH is 1. The van der Waals surface area contributed by atoms with Gasteiger partial charge in [0.15, 0.2) is 0 Å². The first kappa shape index (κ1) is 15.5. The van der Waals surface area contributed by atoms with Crippen molar-refractivity contribution < 1.29 is 14.3 Å². The number of nitrogens with zero attached hydrogens (tertiary/aromatic N) is 1. The fourth-order valence-corrected chi connectivity index (χ4v) is 3.82. The Labute approximate surface area is 131 Å². The highest BCUT2D eigenvalue weighted by Crippen LogP contribution is 2.29. The minimum absolute atomic E-state index is 0.134. The molecule has 2 fully saturated rings. The molecule has 2 aliphatic rings. The standard InChI is InChI=1S/C18H24FNO2/c19-15-4-1-3-14(12-15)11-13-7-9-20(10-8-13)18(22)16-5-2-6-17(16)21/h1,3-4,12-13,16-17,21H,2,5-11H2. The molecule has 1 saturated carbocycles. The van der Waals surface area contributed by atoms with E-state index in [1.165, 1.54) is 6.07 Å². The topological polar surface area (TPSA) is 40.5 Å². The smallest absolute Gasteiger partial charge is 0.228 e. The second-order valence-electron chi connectivity index (χ2n) is 6.71. The predicted molar refractivity (Wildman–Crippen MR) is 82.8 cm³/mol. The number of aliphatic hydroxyl groups is 1. The summed E-state index contributed by atoms with van der Waals surface area (Å²) < 4.78 is 13.2. The van der Waals surface area contributed by atoms with Crippen LogP contribution in [0.2, 0.25) is 0 Å². The molecule has 0 bridgehead atoms. The molecule has 1 saturated heterocycles. The summed E-state index contributed by atoms with van der Waals surface area (Å²) in [6.45, 7) is 1.53. The molecule has 1 heterocycles. The van der Waals surface area contributed by atoms with Crippen molar-refractivity contribution in [2.45, 2.75) is 44.6 Å². The Morgan fingerprint density at radius 1 is 1.23 bits per heavy atom. The summed E-state index contributed by atoms with van der Waals surface area (Å²) in [5, 5.41) is 9.88. The highest BCUT2D eigenvalue weighted by atomic mass is 19.1. The highest BCUT2D eigenvalue weighted by Gasteiger charge is 2.35. The summed E-state index contributed by atoms with van der Waals surface area (Å²) in [4.78, 5) is 14.4. The third kappa shape index (κ3) is 3.49. The maximum absolute atomic E-state index is 13.2. The van der Waals surface area contributed by atoms with Crippen LogP contribution in [0.4, 0.5) is 4.39 Å². The van der Waals surface area contributed by atoms with Gasteiger partial charge in [-0.3, -0.25) is 4.79 Å². The number of rotatable bonds is 3. The summed E-state index contributed by atoms with van der Waals surface area (Å²) in [5.74, 6) is 0.286. The van der Waals surface area contributed by atoms with E-state index in [9.17, 15) is 14.3 Å². The second kappa shape index (κ2) is 6.78. The number of amides is 1.